The largest absolute Gasteiger partial charge is 0.399 e. The number of rotatable bonds is 3. The van der Waals surface area contributed by atoms with Crippen LogP contribution in [0.15, 0.2) is 18.2 Å². The average molecular weight is 301 g/mol. The maximum absolute atomic E-state index is 12.5. The number of nitrogens with one attached hydrogen (secondary N) is 1. The third-order valence-corrected chi connectivity index (χ3v) is 4.76. The van der Waals surface area contributed by atoms with Gasteiger partial charge in [0.1, 0.15) is 0 Å². The van der Waals surface area contributed by atoms with Crippen LogP contribution in [-0.2, 0) is 16.0 Å². The number of nitrogens with zero attached hydrogens (tertiary/aromatic N) is 1. The monoisotopic (exact) mass is 301 g/mol. The van der Waals surface area contributed by atoms with Crippen LogP contribution in [0.5, 0.6) is 0 Å². The lowest BCUT2D eigenvalue weighted by Crippen LogP contribution is -2.36. The summed E-state index contributed by atoms with van der Waals surface area (Å²) >= 11 is 0. The Morgan fingerprint density at radius 2 is 2.27 bits per heavy atom. The van der Waals surface area contributed by atoms with Crippen molar-refractivity contribution in [3.05, 3.63) is 29.3 Å². The van der Waals surface area contributed by atoms with Crippen molar-refractivity contribution in [3.63, 3.8) is 0 Å². The Hall–Kier alpha value is -2.04. The number of hydrogen-bond acceptors (Lipinski definition) is 3. The maximum atomic E-state index is 12.5. The van der Waals surface area contributed by atoms with E-state index in [1.165, 1.54) is 11.1 Å². The standard InChI is InChI=1S/C17H23N3O2/c1-2-20-10-12(9-16(20)21)17(22)19-15-5-3-4-11-8-13(18)6-7-14(11)15/h6-8,12,15H,2-5,9-10,18H2,1H3,(H,19,22). The van der Waals surface area contributed by atoms with E-state index >= 15 is 0 Å². The fourth-order valence-electron chi connectivity index (χ4n) is 3.53. The molecule has 118 valence electrons. The Kier molecular flexibility index (Phi) is 4.05. The van der Waals surface area contributed by atoms with E-state index in [0.717, 1.165) is 24.9 Å². The molecular formula is C17H23N3O2. The van der Waals surface area contributed by atoms with Gasteiger partial charge in [0.2, 0.25) is 11.8 Å². The van der Waals surface area contributed by atoms with Crippen molar-refractivity contribution < 1.29 is 9.59 Å². The topological polar surface area (TPSA) is 75.4 Å². The number of fused-ring (bicyclic) bond motifs is 1. The maximum Gasteiger partial charge on any atom is 0.225 e. The molecule has 1 aromatic rings. The fourth-order valence-corrected chi connectivity index (χ4v) is 3.53. The molecule has 3 rings (SSSR count). The zero-order valence-corrected chi connectivity index (χ0v) is 13.0. The number of nitrogen functional groups attached to an aromatic ring is 1. The lowest BCUT2D eigenvalue weighted by molar-refractivity contribution is -0.129. The van der Waals surface area contributed by atoms with Crippen molar-refractivity contribution >= 4 is 17.5 Å². The molecule has 1 aliphatic carbocycles. The van der Waals surface area contributed by atoms with E-state index in [9.17, 15) is 9.59 Å². The molecule has 3 N–H and O–H groups in total. The first kappa shape index (κ1) is 14.9. The molecule has 1 heterocycles. The molecule has 1 fully saturated rings. The van der Waals surface area contributed by atoms with Gasteiger partial charge in [-0.1, -0.05) is 6.07 Å². The molecule has 2 atom stereocenters. The van der Waals surface area contributed by atoms with Gasteiger partial charge in [0.15, 0.2) is 0 Å². The summed E-state index contributed by atoms with van der Waals surface area (Å²) in [7, 11) is 0. The van der Waals surface area contributed by atoms with Crippen molar-refractivity contribution in [1.82, 2.24) is 10.2 Å². The molecule has 22 heavy (non-hydrogen) atoms. The van der Waals surface area contributed by atoms with E-state index in [0.29, 0.717) is 19.5 Å². The minimum Gasteiger partial charge on any atom is -0.399 e. The Balaban J connectivity index is 1.70. The van der Waals surface area contributed by atoms with Gasteiger partial charge in [0.25, 0.3) is 0 Å². The zero-order valence-electron chi connectivity index (χ0n) is 13.0. The second kappa shape index (κ2) is 5.99. The van der Waals surface area contributed by atoms with Crippen molar-refractivity contribution in [3.8, 4) is 0 Å². The summed E-state index contributed by atoms with van der Waals surface area (Å²) in [5, 5.41) is 3.14. The quantitative estimate of drug-likeness (QED) is 0.833. The summed E-state index contributed by atoms with van der Waals surface area (Å²) in [6.45, 7) is 3.16. The van der Waals surface area contributed by atoms with Crippen molar-refractivity contribution in [2.45, 2.75) is 38.6 Å². The molecule has 1 saturated heterocycles. The Bertz CT molecular complexity index is 600. The highest BCUT2D eigenvalue weighted by Crippen LogP contribution is 2.31. The van der Waals surface area contributed by atoms with E-state index in [1.54, 1.807) is 4.90 Å². The molecule has 5 heteroatoms. The van der Waals surface area contributed by atoms with Crippen LogP contribution < -0.4 is 11.1 Å². The molecule has 5 nitrogen and oxygen atoms in total. The van der Waals surface area contributed by atoms with Crippen molar-refractivity contribution in [2.24, 2.45) is 5.92 Å². The second-order valence-electron chi connectivity index (χ2n) is 6.25. The normalized spacial score (nSPS) is 24.2. The SMILES string of the molecule is CCN1CC(C(=O)NC2CCCc3cc(N)ccc32)CC1=O. The number of aryl methyl sites for hydroxylation is 1. The first-order valence-corrected chi connectivity index (χ1v) is 8.05. The van der Waals surface area contributed by atoms with E-state index in [2.05, 4.69) is 5.32 Å². The van der Waals surface area contributed by atoms with Gasteiger partial charge in [0.05, 0.1) is 12.0 Å². The van der Waals surface area contributed by atoms with Crippen LogP contribution in [0, 0.1) is 5.92 Å². The van der Waals surface area contributed by atoms with E-state index in [4.69, 9.17) is 5.73 Å². The lowest BCUT2D eigenvalue weighted by Gasteiger charge is -2.27. The molecular weight excluding hydrogens is 278 g/mol. The van der Waals surface area contributed by atoms with Crippen LogP contribution in [0.3, 0.4) is 0 Å². The van der Waals surface area contributed by atoms with Crippen LogP contribution in [0.2, 0.25) is 0 Å². The van der Waals surface area contributed by atoms with E-state index < -0.39 is 0 Å². The van der Waals surface area contributed by atoms with Crippen LogP contribution >= 0.6 is 0 Å². The zero-order chi connectivity index (χ0) is 15.7. The molecule has 2 aliphatic rings. The molecule has 0 aromatic heterocycles. The Morgan fingerprint density at radius 3 is 3.00 bits per heavy atom. The molecule has 1 aromatic carbocycles. The smallest absolute Gasteiger partial charge is 0.225 e. The molecule has 0 radical (unpaired) electrons. The average Bonchev–Trinajstić information content (AvgIpc) is 2.88. The van der Waals surface area contributed by atoms with E-state index in [-0.39, 0.29) is 23.8 Å². The summed E-state index contributed by atoms with van der Waals surface area (Å²) in [6, 6.07) is 5.96. The first-order chi connectivity index (χ1) is 10.6. The van der Waals surface area contributed by atoms with Crippen LogP contribution in [-0.4, -0.2) is 29.8 Å². The minimum atomic E-state index is -0.216. The molecule has 2 amide bonds. The van der Waals surface area contributed by atoms with Gasteiger partial charge in [-0.3, -0.25) is 9.59 Å². The number of benzene rings is 1. The number of hydrogen-bond donors (Lipinski definition) is 2. The second-order valence-corrected chi connectivity index (χ2v) is 6.25. The van der Waals surface area contributed by atoms with Gasteiger partial charge in [-0.25, -0.2) is 0 Å². The van der Waals surface area contributed by atoms with Crippen LogP contribution in [0.25, 0.3) is 0 Å². The predicted molar refractivity (Wildman–Crippen MR) is 85.0 cm³/mol. The van der Waals surface area contributed by atoms with Crippen molar-refractivity contribution in [2.75, 3.05) is 18.8 Å². The van der Waals surface area contributed by atoms with Crippen LogP contribution in [0.4, 0.5) is 5.69 Å². The van der Waals surface area contributed by atoms with Crippen molar-refractivity contribution in [1.29, 1.82) is 0 Å². The van der Waals surface area contributed by atoms with Gasteiger partial charge in [-0.05, 0) is 49.4 Å². The summed E-state index contributed by atoms with van der Waals surface area (Å²) in [4.78, 5) is 26.0. The number of carbonyl (C=O) groups is 2. The molecule has 2 unspecified atom stereocenters. The third-order valence-electron chi connectivity index (χ3n) is 4.76. The van der Waals surface area contributed by atoms with E-state index in [1.807, 2.05) is 25.1 Å². The number of carbonyl (C=O) groups excluding carboxylic acids is 2. The molecule has 0 spiro atoms. The number of amides is 2. The highest BCUT2D eigenvalue weighted by Gasteiger charge is 2.34. The van der Waals surface area contributed by atoms with Gasteiger partial charge in [0, 0.05) is 25.2 Å². The fraction of sp³-hybridized carbons (Fsp3) is 0.529. The van der Waals surface area contributed by atoms with Gasteiger partial charge in [-0.2, -0.15) is 0 Å². The third kappa shape index (κ3) is 2.80. The number of likely N-dealkylation sites (tertiary alicyclic amines) is 1. The lowest BCUT2D eigenvalue weighted by atomic mass is 9.87. The Labute approximate surface area is 130 Å². The number of anilines is 1. The summed E-state index contributed by atoms with van der Waals surface area (Å²) in [5.74, 6) is -0.134. The minimum absolute atomic E-state index is 0.000949. The Morgan fingerprint density at radius 1 is 1.45 bits per heavy atom. The molecule has 0 bridgehead atoms. The highest BCUT2D eigenvalue weighted by molar-refractivity contribution is 5.89. The summed E-state index contributed by atoms with van der Waals surface area (Å²) in [6.07, 6.45) is 3.34. The van der Waals surface area contributed by atoms with Gasteiger partial charge in [-0.15, -0.1) is 0 Å². The highest BCUT2D eigenvalue weighted by atomic mass is 16.2. The molecule has 1 aliphatic heterocycles. The predicted octanol–water partition coefficient (Wildman–Crippen LogP) is 1.63. The summed E-state index contributed by atoms with van der Waals surface area (Å²) in [5.41, 5.74) is 9.02. The van der Waals surface area contributed by atoms with Crippen LogP contribution in [0.1, 0.15) is 43.4 Å². The number of nitrogens with two attached hydrogens (primary N) is 1. The molecule has 0 saturated carbocycles. The first-order valence-electron chi connectivity index (χ1n) is 8.05. The van der Waals surface area contributed by atoms with Gasteiger partial charge >= 0.3 is 0 Å². The summed E-state index contributed by atoms with van der Waals surface area (Å²) < 4.78 is 0. The van der Waals surface area contributed by atoms with Gasteiger partial charge < -0.3 is 16.0 Å².